The van der Waals surface area contributed by atoms with E-state index in [-0.39, 0.29) is 18.9 Å². The molecular formula is C29H33N3O5S2. The number of sulfonamides is 1. The number of thiazole rings is 1. The highest BCUT2D eigenvalue weighted by Gasteiger charge is 2.37. The Morgan fingerprint density at radius 1 is 1.05 bits per heavy atom. The van der Waals surface area contributed by atoms with Gasteiger partial charge in [-0.15, -0.1) is 11.3 Å². The van der Waals surface area contributed by atoms with Crippen LogP contribution in [0.5, 0.6) is 11.5 Å². The molecule has 2 aromatic carbocycles. The SMILES string of the molecule is COc1ccc(-c2csc(C(C#N)C(=O)C3CCN(S(=O)(=O)c4c(C)c(C)cc(C)c4C)CC3)n2)cc1OC. The molecule has 10 heteroatoms. The maximum Gasteiger partial charge on any atom is 0.243 e. The summed E-state index contributed by atoms with van der Waals surface area (Å²) in [6.45, 7) is 7.99. The van der Waals surface area contributed by atoms with Gasteiger partial charge in [0.05, 0.1) is 30.9 Å². The van der Waals surface area contributed by atoms with Gasteiger partial charge in [0.1, 0.15) is 5.01 Å². The van der Waals surface area contributed by atoms with Crippen LogP contribution in [-0.2, 0) is 14.8 Å². The summed E-state index contributed by atoms with van der Waals surface area (Å²) in [6, 6.07) is 9.57. The van der Waals surface area contributed by atoms with Gasteiger partial charge < -0.3 is 9.47 Å². The highest BCUT2D eigenvalue weighted by molar-refractivity contribution is 7.89. The van der Waals surface area contributed by atoms with Crippen molar-refractivity contribution in [1.82, 2.24) is 9.29 Å². The molecule has 1 saturated heterocycles. The lowest BCUT2D eigenvalue weighted by Crippen LogP contribution is -2.41. The molecule has 0 saturated carbocycles. The van der Waals surface area contributed by atoms with Crippen LogP contribution in [0.25, 0.3) is 11.3 Å². The molecular weight excluding hydrogens is 534 g/mol. The third kappa shape index (κ3) is 5.44. The van der Waals surface area contributed by atoms with Gasteiger partial charge in [-0.2, -0.15) is 9.57 Å². The molecule has 4 rings (SSSR count). The Labute approximate surface area is 234 Å². The number of ether oxygens (including phenoxy) is 2. The number of aryl methyl sites for hydroxylation is 2. The molecule has 0 bridgehead atoms. The number of hydrogen-bond donors (Lipinski definition) is 0. The number of ketones is 1. The fourth-order valence-electron chi connectivity index (χ4n) is 5.10. The van der Waals surface area contributed by atoms with Crippen molar-refractivity contribution in [3.63, 3.8) is 0 Å². The van der Waals surface area contributed by atoms with E-state index < -0.39 is 21.9 Å². The Hall–Kier alpha value is -3.26. The molecule has 1 aliphatic rings. The summed E-state index contributed by atoms with van der Waals surface area (Å²) in [5.74, 6) is -0.457. The lowest BCUT2D eigenvalue weighted by Gasteiger charge is -2.32. The number of piperidine rings is 1. The topological polar surface area (TPSA) is 110 Å². The van der Waals surface area contributed by atoms with Crippen molar-refractivity contribution in [2.45, 2.75) is 51.3 Å². The Morgan fingerprint density at radius 2 is 1.67 bits per heavy atom. The van der Waals surface area contributed by atoms with E-state index in [1.807, 2.05) is 45.2 Å². The van der Waals surface area contributed by atoms with E-state index in [2.05, 4.69) is 11.1 Å². The molecule has 1 fully saturated rings. The summed E-state index contributed by atoms with van der Waals surface area (Å²) in [5, 5.41) is 12.2. The minimum absolute atomic E-state index is 0.207. The van der Waals surface area contributed by atoms with Crippen molar-refractivity contribution in [1.29, 1.82) is 5.26 Å². The summed E-state index contributed by atoms with van der Waals surface area (Å²) in [6.07, 6.45) is 0.736. The Balaban J connectivity index is 1.49. The average Bonchev–Trinajstić information content (AvgIpc) is 3.42. The number of nitriles is 1. The second-order valence-electron chi connectivity index (χ2n) is 9.87. The van der Waals surface area contributed by atoms with Crippen molar-refractivity contribution in [3.8, 4) is 28.8 Å². The van der Waals surface area contributed by atoms with E-state index >= 15 is 0 Å². The quantitative estimate of drug-likeness (QED) is 0.361. The first kappa shape index (κ1) is 28.7. The van der Waals surface area contributed by atoms with Gasteiger partial charge in [0.25, 0.3) is 0 Å². The second kappa shape index (κ2) is 11.5. The first-order valence-corrected chi connectivity index (χ1v) is 15.0. The number of carbonyl (C=O) groups is 1. The smallest absolute Gasteiger partial charge is 0.243 e. The van der Waals surface area contributed by atoms with Gasteiger partial charge in [0, 0.05) is 30.0 Å². The maximum atomic E-state index is 13.6. The molecule has 1 aliphatic heterocycles. The van der Waals surface area contributed by atoms with Crippen molar-refractivity contribution >= 4 is 27.1 Å². The Bertz CT molecular complexity index is 1520. The van der Waals surface area contributed by atoms with E-state index in [1.54, 1.807) is 26.4 Å². The highest BCUT2D eigenvalue weighted by Crippen LogP contribution is 2.36. The molecule has 39 heavy (non-hydrogen) atoms. The third-order valence-electron chi connectivity index (χ3n) is 7.61. The number of rotatable bonds is 8. The van der Waals surface area contributed by atoms with Crippen LogP contribution in [0.3, 0.4) is 0 Å². The number of carbonyl (C=O) groups excluding carboxylic acids is 1. The van der Waals surface area contributed by atoms with Crippen molar-refractivity contribution in [2.24, 2.45) is 5.92 Å². The van der Waals surface area contributed by atoms with Crippen molar-refractivity contribution < 1.29 is 22.7 Å². The summed E-state index contributed by atoms with van der Waals surface area (Å²) in [4.78, 5) is 18.4. The van der Waals surface area contributed by atoms with Gasteiger partial charge >= 0.3 is 0 Å². The number of hydrogen-bond acceptors (Lipinski definition) is 8. The summed E-state index contributed by atoms with van der Waals surface area (Å²) in [5.41, 5.74) is 4.83. The minimum atomic E-state index is -3.71. The fraction of sp³-hybridized carbons (Fsp3) is 0.414. The van der Waals surface area contributed by atoms with E-state index in [4.69, 9.17) is 9.47 Å². The predicted octanol–water partition coefficient (Wildman–Crippen LogP) is 5.34. The molecule has 0 N–H and O–H groups in total. The first-order valence-electron chi connectivity index (χ1n) is 12.7. The van der Waals surface area contributed by atoms with Crippen LogP contribution in [-0.4, -0.2) is 50.8 Å². The molecule has 0 radical (unpaired) electrons. The number of benzene rings is 2. The summed E-state index contributed by atoms with van der Waals surface area (Å²) in [7, 11) is -0.589. The molecule has 0 spiro atoms. The Kier molecular flexibility index (Phi) is 8.45. The molecule has 0 amide bonds. The number of methoxy groups -OCH3 is 2. The standard InChI is InChI=1S/C29H33N3O5S2/c1-17-13-18(2)20(4)28(19(17)3)39(34,35)32-11-9-21(10-12-32)27(33)23(15-30)29-31-24(16-38-29)22-7-8-25(36-5)26(14-22)37-6/h7-8,13-14,16,21,23H,9-12H2,1-6H3. The zero-order chi connectivity index (χ0) is 28.5. The summed E-state index contributed by atoms with van der Waals surface area (Å²) < 4.78 is 39.4. The van der Waals surface area contributed by atoms with Crippen LogP contribution < -0.4 is 9.47 Å². The van der Waals surface area contributed by atoms with Crippen LogP contribution in [0, 0.1) is 44.9 Å². The van der Waals surface area contributed by atoms with Gasteiger partial charge in [-0.25, -0.2) is 13.4 Å². The van der Waals surface area contributed by atoms with Gasteiger partial charge in [-0.1, -0.05) is 6.07 Å². The van der Waals surface area contributed by atoms with Crippen molar-refractivity contribution in [2.75, 3.05) is 27.3 Å². The van der Waals surface area contributed by atoms with Gasteiger partial charge in [0.15, 0.2) is 23.2 Å². The van der Waals surface area contributed by atoms with E-state index in [1.165, 1.54) is 15.6 Å². The largest absolute Gasteiger partial charge is 0.493 e. The van der Waals surface area contributed by atoms with E-state index in [0.29, 0.717) is 39.9 Å². The van der Waals surface area contributed by atoms with Gasteiger partial charge in [-0.3, -0.25) is 4.79 Å². The zero-order valence-electron chi connectivity index (χ0n) is 23.1. The maximum absolute atomic E-state index is 13.6. The fourth-order valence-corrected chi connectivity index (χ4v) is 8.02. The van der Waals surface area contributed by atoms with E-state index in [0.717, 1.165) is 27.8 Å². The second-order valence-corrected chi connectivity index (χ2v) is 12.6. The van der Waals surface area contributed by atoms with Crippen LogP contribution in [0.4, 0.5) is 0 Å². The monoisotopic (exact) mass is 567 g/mol. The Morgan fingerprint density at radius 3 is 2.23 bits per heavy atom. The van der Waals surface area contributed by atoms with E-state index in [9.17, 15) is 18.5 Å². The zero-order valence-corrected chi connectivity index (χ0v) is 24.7. The third-order valence-corrected chi connectivity index (χ3v) is 10.7. The molecule has 2 heterocycles. The molecule has 8 nitrogen and oxygen atoms in total. The van der Waals surface area contributed by atoms with Crippen LogP contribution in [0.15, 0.2) is 34.5 Å². The lowest BCUT2D eigenvalue weighted by molar-refractivity contribution is -0.124. The number of Topliss-reactive ketones (excluding diaryl/α,β-unsaturated/α-hetero) is 1. The number of nitrogens with zero attached hydrogens (tertiary/aromatic N) is 3. The minimum Gasteiger partial charge on any atom is -0.493 e. The van der Waals surface area contributed by atoms with Crippen molar-refractivity contribution in [3.05, 3.63) is 56.9 Å². The number of aromatic nitrogens is 1. The molecule has 206 valence electrons. The predicted molar refractivity (Wildman–Crippen MR) is 151 cm³/mol. The van der Waals surface area contributed by atoms with Crippen LogP contribution in [0.1, 0.15) is 46.0 Å². The van der Waals surface area contributed by atoms with Gasteiger partial charge in [-0.05, 0) is 81.0 Å². The molecule has 1 atom stereocenters. The first-order chi connectivity index (χ1) is 18.5. The molecule has 1 aromatic heterocycles. The highest BCUT2D eigenvalue weighted by atomic mass is 32.2. The molecule has 0 aliphatic carbocycles. The average molecular weight is 568 g/mol. The lowest BCUT2D eigenvalue weighted by atomic mass is 9.87. The van der Waals surface area contributed by atoms with Crippen LogP contribution >= 0.6 is 11.3 Å². The van der Waals surface area contributed by atoms with Crippen LogP contribution in [0.2, 0.25) is 0 Å². The van der Waals surface area contributed by atoms with Gasteiger partial charge in [0.2, 0.25) is 10.0 Å². The molecule has 1 unspecified atom stereocenters. The molecule has 3 aromatic rings. The summed E-state index contributed by atoms with van der Waals surface area (Å²) >= 11 is 1.27. The normalized spacial score (nSPS) is 15.5.